The Bertz CT molecular complexity index is 1100. The van der Waals surface area contributed by atoms with Crippen LogP contribution in [0.3, 0.4) is 0 Å². The highest BCUT2D eigenvalue weighted by atomic mass is 32.2. The molecule has 0 saturated carbocycles. The quantitative estimate of drug-likeness (QED) is 0.632. The fourth-order valence-electron chi connectivity index (χ4n) is 3.65. The van der Waals surface area contributed by atoms with Gasteiger partial charge in [0, 0.05) is 25.1 Å². The number of nitrogens with zero attached hydrogens (tertiary/aromatic N) is 3. The Morgan fingerprint density at radius 1 is 1.17 bits per heavy atom. The van der Waals surface area contributed by atoms with Gasteiger partial charge in [-0.1, -0.05) is 36.4 Å². The number of aromatic nitrogens is 2. The van der Waals surface area contributed by atoms with E-state index < -0.39 is 10.0 Å². The van der Waals surface area contributed by atoms with Gasteiger partial charge >= 0.3 is 0 Å². The van der Waals surface area contributed by atoms with Crippen LogP contribution in [0.4, 0.5) is 5.82 Å². The number of hydrogen-bond donors (Lipinski definition) is 1. The van der Waals surface area contributed by atoms with E-state index in [2.05, 4.69) is 10.4 Å². The fourth-order valence-corrected chi connectivity index (χ4v) is 6.26. The van der Waals surface area contributed by atoms with Crippen molar-refractivity contribution in [3.05, 3.63) is 65.2 Å². The Morgan fingerprint density at radius 3 is 2.57 bits per heavy atom. The van der Waals surface area contributed by atoms with Crippen molar-refractivity contribution in [1.29, 1.82) is 0 Å². The molecule has 0 atom stereocenters. The van der Waals surface area contributed by atoms with Crippen LogP contribution in [-0.2, 0) is 21.4 Å². The minimum atomic E-state index is -3.46. The molecular weight excluding hydrogens is 420 g/mol. The van der Waals surface area contributed by atoms with E-state index in [4.69, 9.17) is 0 Å². The average Bonchev–Trinajstić information content (AvgIpc) is 3.40. The third-order valence-corrected chi connectivity index (χ3v) is 8.51. The minimum absolute atomic E-state index is 0.0858. The molecule has 1 N–H and O–H groups in total. The summed E-state index contributed by atoms with van der Waals surface area (Å²) in [6.07, 6.45) is 1.00. The van der Waals surface area contributed by atoms with Crippen LogP contribution in [0.25, 0.3) is 0 Å². The van der Waals surface area contributed by atoms with Gasteiger partial charge < -0.3 is 5.32 Å². The van der Waals surface area contributed by atoms with E-state index in [-0.39, 0.29) is 11.8 Å². The zero-order chi connectivity index (χ0) is 21.1. The SMILES string of the molecule is Cc1cc(NC(=O)C2CCN(S(=O)(=O)c3cccs3)CC2)n(Cc2ccccc2)n1. The van der Waals surface area contributed by atoms with Gasteiger partial charge in [0.05, 0.1) is 12.2 Å². The molecule has 3 aromatic rings. The van der Waals surface area contributed by atoms with Gasteiger partial charge in [-0.05, 0) is 36.8 Å². The first-order valence-corrected chi connectivity index (χ1v) is 12.2. The Morgan fingerprint density at radius 2 is 1.90 bits per heavy atom. The number of carbonyl (C=O) groups excluding carboxylic acids is 1. The molecule has 3 heterocycles. The molecule has 1 aliphatic heterocycles. The van der Waals surface area contributed by atoms with E-state index in [1.54, 1.807) is 22.2 Å². The standard InChI is InChI=1S/C21H24N4O3S2/c1-16-14-19(25(23-16)15-17-6-3-2-4-7-17)22-21(26)18-9-11-24(12-10-18)30(27,28)20-8-5-13-29-20/h2-8,13-14,18H,9-12,15H2,1H3,(H,22,26). The summed E-state index contributed by atoms with van der Waals surface area (Å²) in [6, 6.07) is 15.2. The molecule has 2 aromatic heterocycles. The van der Waals surface area contributed by atoms with E-state index in [0.29, 0.717) is 42.5 Å². The highest BCUT2D eigenvalue weighted by Crippen LogP contribution is 2.27. The van der Waals surface area contributed by atoms with E-state index in [1.807, 2.05) is 43.3 Å². The fraction of sp³-hybridized carbons (Fsp3) is 0.333. The molecule has 1 amide bonds. The van der Waals surface area contributed by atoms with Gasteiger partial charge in [-0.3, -0.25) is 4.79 Å². The van der Waals surface area contributed by atoms with Gasteiger partial charge in [-0.25, -0.2) is 13.1 Å². The molecule has 1 aliphatic rings. The van der Waals surface area contributed by atoms with E-state index in [0.717, 1.165) is 11.3 Å². The maximum Gasteiger partial charge on any atom is 0.252 e. The van der Waals surface area contributed by atoms with E-state index in [1.165, 1.54) is 15.6 Å². The van der Waals surface area contributed by atoms with Gasteiger partial charge in [-0.2, -0.15) is 9.40 Å². The molecule has 9 heteroatoms. The number of thiophene rings is 1. The van der Waals surface area contributed by atoms with Crippen molar-refractivity contribution in [1.82, 2.24) is 14.1 Å². The van der Waals surface area contributed by atoms with Crippen LogP contribution in [0.5, 0.6) is 0 Å². The van der Waals surface area contributed by atoms with Crippen molar-refractivity contribution >= 4 is 33.1 Å². The van der Waals surface area contributed by atoms with Crippen LogP contribution in [-0.4, -0.2) is 41.5 Å². The van der Waals surface area contributed by atoms with Gasteiger partial charge in [-0.15, -0.1) is 11.3 Å². The number of piperidine rings is 1. The molecule has 0 aliphatic carbocycles. The van der Waals surface area contributed by atoms with Crippen molar-refractivity contribution in [3.8, 4) is 0 Å². The molecule has 4 rings (SSSR count). The lowest BCUT2D eigenvalue weighted by molar-refractivity contribution is -0.121. The number of sulfonamides is 1. The van der Waals surface area contributed by atoms with Crippen molar-refractivity contribution < 1.29 is 13.2 Å². The molecule has 1 aromatic carbocycles. The van der Waals surface area contributed by atoms with E-state index in [9.17, 15) is 13.2 Å². The second-order valence-electron chi connectivity index (χ2n) is 7.41. The smallest absolute Gasteiger partial charge is 0.252 e. The van der Waals surface area contributed by atoms with Crippen LogP contribution in [0.2, 0.25) is 0 Å². The summed E-state index contributed by atoms with van der Waals surface area (Å²) in [5.74, 6) is 0.354. The number of rotatable bonds is 6. The maximum absolute atomic E-state index is 12.8. The number of nitrogens with one attached hydrogen (secondary N) is 1. The topological polar surface area (TPSA) is 84.3 Å². The summed E-state index contributed by atoms with van der Waals surface area (Å²) < 4.78 is 28.9. The highest BCUT2D eigenvalue weighted by molar-refractivity contribution is 7.91. The van der Waals surface area contributed by atoms with E-state index >= 15 is 0 Å². The predicted octanol–water partition coefficient (Wildman–Crippen LogP) is 3.34. The molecule has 7 nitrogen and oxygen atoms in total. The average molecular weight is 445 g/mol. The number of anilines is 1. The number of carbonyl (C=O) groups is 1. The molecular formula is C21H24N4O3S2. The van der Waals surface area contributed by atoms with Gasteiger partial charge in [0.2, 0.25) is 5.91 Å². The first kappa shape index (κ1) is 20.8. The predicted molar refractivity (Wildman–Crippen MR) is 117 cm³/mol. The lowest BCUT2D eigenvalue weighted by Crippen LogP contribution is -2.41. The van der Waals surface area contributed by atoms with Crippen molar-refractivity contribution in [2.45, 2.75) is 30.5 Å². The highest BCUT2D eigenvalue weighted by Gasteiger charge is 2.32. The first-order valence-electron chi connectivity index (χ1n) is 9.86. The third kappa shape index (κ3) is 4.48. The zero-order valence-corrected chi connectivity index (χ0v) is 18.3. The third-order valence-electron chi connectivity index (χ3n) is 5.24. The van der Waals surface area contributed by atoms with Crippen molar-refractivity contribution in [2.75, 3.05) is 18.4 Å². The second kappa shape index (κ2) is 8.71. The Hall–Kier alpha value is -2.49. The number of benzene rings is 1. The molecule has 1 fully saturated rings. The van der Waals surface area contributed by atoms with Gasteiger partial charge in [0.15, 0.2) is 0 Å². The maximum atomic E-state index is 12.8. The molecule has 158 valence electrons. The van der Waals surface area contributed by atoms with Crippen molar-refractivity contribution in [2.24, 2.45) is 5.92 Å². The van der Waals surface area contributed by atoms with Gasteiger partial charge in [0.1, 0.15) is 10.0 Å². The summed E-state index contributed by atoms with van der Waals surface area (Å²) in [5, 5.41) is 9.25. The Balaban J connectivity index is 1.39. The molecule has 0 radical (unpaired) electrons. The summed E-state index contributed by atoms with van der Waals surface area (Å²) in [6.45, 7) is 3.16. The lowest BCUT2D eigenvalue weighted by atomic mass is 9.97. The largest absolute Gasteiger partial charge is 0.311 e. The van der Waals surface area contributed by atoms with Crippen LogP contribution in [0, 0.1) is 12.8 Å². The van der Waals surface area contributed by atoms with Crippen LogP contribution in [0.1, 0.15) is 24.1 Å². The van der Waals surface area contributed by atoms with Gasteiger partial charge in [0.25, 0.3) is 10.0 Å². The molecule has 0 bridgehead atoms. The van der Waals surface area contributed by atoms with Crippen LogP contribution in [0.15, 0.2) is 58.1 Å². The number of hydrogen-bond acceptors (Lipinski definition) is 5. The first-order chi connectivity index (χ1) is 14.4. The molecule has 0 unspecified atom stereocenters. The molecule has 0 spiro atoms. The molecule has 1 saturated heterocycles. The molecule has 30 heavy (non-hydrogen) atoms. The zero-order valence-electron chi connectivity index (χ0n) is 16.7. The van der Waals surface area contributed by atoms with Crippen LogP contribution < -0.4 is 5.32 Å². The lowest BCUT2D eigenvalue weighted by Gasteiger charge is -2.30. The normalized spacial score (nSPS) is 15.9. The Labute approximate surface area is 180 Å². The minimum Gasteiger partial charge on any atom is -0.311 e. The summed E-state index contributed by atoms with van der Waals surface area (Å²) in [7, 11) is -3.46. The summed E-state index contributed by atoms with van der Waals surface area (Å²) in [5.41, 5.74) is 1.93. The summed E-state index contributed by atoms with van der Waals surface area (Å²) in [4.78, 5) is 12.8. The number of aryl methyl sites for hydroxylation is 1. The Kier molecular flexibility index (Phi) is 6.03. The monoisotopic (exact) mass is 444 g/mol. The summed E-state index contributed by atoms with van der Waals surface area (Å²) >= 11 is 1.22. The number of amides is 1. The van der Waals surface area contributed by atoms with Crippen LogP contribution >= 0.6 is 11.3 Å². The second-order valence-corrected chi connectivity index (χ2v) is 10.5. The van der Waals surface area contributed by atoms with Crippen molar-refractivity contribution in [3.63, 3.8) is 0 Å².